The van der Waals surface area contributed by atoms with Crippen molar-refractivity contribution in [1.82, 2.24) is 19.7 Å². The third-order valence-electron chi connectivity index (χ3n) is 6.50. The fourth-order valence-corrected chi connectivity index (χ4v) is 5.25. The number of ether oxygens (including phenoxy) is 2. The number of nitrogens with zero attached hydrogens (tertiary/aromatic N) is 5. The summed E-state index contributed by atoms with van der Waals surface area (Å²) in [5.41, 5.74) is 1.84. The second-order valence-electron chi connectivity index (χ2n) is 10.3. The van der Waals surface area contributed by atoms with Gasteiger partial charge in [-0.3, -0.25) is 0 Å². The molecule has 1 aliphatic heterocycles. The van der Waals surface area contributed by atoms with Crippen molar-refractivity contribution in [2.24, 2.45) is 0 Å². The molecular formula is C23H31N5O4Si. The van der Waals surface area contributed by atoms with Crippen LogP contribution in [0.1, 0.15) is 41.6 Å². The number of esters is 1. The average molecular weight is 470 g/mol. The third-order valence-corrected chi connectivity index (χ3v) is 8.20. The van der Waals surface area contributed by atoms with Gasteiger partial charge in [0.2, 0.25) is 0 Å². The zero-order valence-corrected chi connectivity index (χ0v) is 20.8. The standard InChI is InChI=1S/C23H31N5O4Si/c1-5-31-22(29)18-17-12-28(13-23(7-8-23)19(17)32-26-18)21-16-6-9-27(20(16)24-14-25-21)15-30-10-11-33(2,3)4/h6,9,14H,5,7-8,10-13,15H2,1-4H3. The minimum Gasteiger partial charge on any atom is -0.461 e. The lowest BCUT2D eigenvalue weighted by atomic mass is 9.92. The lowest BCUT2D eigenvalue weighted by Gasteiger charge is -2.32. The number of carbonyl (C=O) groups is 1. The van der Waals surface area contributed by atoms with Gasteiger partial charge in [0.25, 0.3) is 0 Å². The molecule has 1 saturated carbocycles. The lowest BCUT2D eigenvalue weighted by Crippen LogP contribution is -2.38. The maximum Gasteiger partial charge on any atom is 0.360 e. The van der Waals surface area contributed by atoms with E-state index in [9.17, 15) is 4.79 Å². The van der Waals surface area contributed by atoms with Crippen molar-refractivity contribution in [3.63, 3.8) is 0 Å². The molecule has 176 valence electrons. The van der Waals surface area contributed by atoms with Crippen LogP contribution in [0.3, 0.4) is 0 Å². The first kappa shape index (κ1) is 22.1. The predicted octanol–water partition coefficient (Wildman–Crippen LogP) is 3.96. The summed E-state index contributed by atoms with van der Waals surface area (Å²) in [5.74, 6) is 1.25. The fraction of sp³-hybridized carbons (Fsp3) is 0.565. The van der Waals surface area contributed by atoms with E-state index in [4.69, 9.17) is 14.0 Å². The first-order chi connectivity index (χ1) is 15.8. The fourth-order valence-electron chi connectivity index (χ4n) is 4.49. The molecule has 10 heteroatoms. The molecule has 2 aliphatic rings. The van der Waals surface area contributed by atoms with Crippen molar-refractivity contribution in [2.45, 2.75) is 64.1 Å². The van der Waals surface area contributed by atoms with Gasteiger partial charge in [-0.25, -0.2) is 14.8 Å². The van der Waals surface area contributed by atoms with Crippen LogP contribution in [0.5, 0.6) is 0 Å². The highest BCUT2D eigenvalue weighted by Gasteiger charge is 2.54. The first-order valence-electron chi connectivity index (χ1n) is 11.6. The van der Waals surface area contributed by atoms with Crippen molar-refractivity contribution in [2.75, 3.05) is 24.7 Å². The molecule has 0 N–H and O–H groups in total. The molecule has 33 heavy (non-hydrogen) atoms. The minimum absolute atomic E-state index is 0.106. The Balaban J connectivity index is 1.41. The van der Waals surface area contributed by atoms with E-state index < -0.39 is 14.0 Å². The summed E-state index contributed by atoms with van der Waals surface area (Å²) >= 11 is 0. The average Bonchev–Trinajstić information content (AvgIpc) is 3.20. The van der Waals surface area contributed by atoms with Gasteiger partial charge in [-0.1, -0.05) is 24.8 Å². The van der Waals surface area contributed by atoms with Gasteiger partial charge in [-0.05, 0) is 31.9 Å². The van der Waals surface area contributed by atoms with Crippen LogP contribution < -0.4 is 4.90 Å². The first-order valence-corrected chi connectivity index (χ1v) is 15.3. The maximum absolute atomic E-state index is 12.5. The Kier molecular flexibility index (Phi) is 5.52. The minimum atomic E-state index is -1.13. The lowest BCUT2D eigenvalue weighted by molar-refractivity contribution is 0.0513. The quantitative estimate of drug-likeness (QED) is 0.278. The van der Waals surface area contributed by atoms with Gasteiger partial charge in [0.05, 0.1) is 18.5 Å². The number of carbonyl (C=O) groups excluding carboxylic acids is 1. The second kappa shape index (κ2) is 8.25. The Morgan fingerprint density at radius 1 is 1.27 bits per heavy atom. The Labute approximate surface area is 194 Å². The zero-order valence-electron chi connectivity index (χ0n) is 19.8. The molecule has 5 rings (SSSR count). The molecule has 1 fully saturated rings. The van der Waals surface area contributed by atoms with Crippen molar-refractivity contribution in [3.05, 3.63) is 35.6 Å². The smallest absolute Gasteiger partial charge is 0.360 e. The summed E-state index contributed by atoms with van der Waals surface area (Å²) in [4.78, 5) is 23.8. The van der Waals surface area contributed by atoms with Gasteiger partial charge in [0.1, 0.15) is 24.5 Å². The molecule has 9 nitrogen and oxygen atoms in total. The van der Waals surface area contributed by atoms with Crippen LogP contribution in [0.15, 0.2) is 23.1 Å². The van der Waals surface area contributed by atoms with Crippen molar-refractivity contribution in [3.8, 4) is 0 Å². The molecular weight excluding hydrogens is 438 g/mol. The number of hydrogen-bond acceptors (Lipinski definition) is 8. The molecule has 4 heterocycles. The summed E-state index contributed by atoms with van der Waals surface area (Å²) < 4.78 is 18.8. The van der Waals surface area contributed by atoms with E-state index in [1.54, 1.807) is 13.3 Å². The van der Waals surface area contributed by atoms with Crippen LogP contribution in [-0.4, -0.2) is 53.5 Å². The number of hydrogen-bond donors (Lipinski definition) is 0. The van der Waals surface area contributed by atoms with Crippen molar-refractivity contribution in [1.29, 1.82) is 0 Å². The van der Waals surface area contributed by atoms with Crippen molar-refractivity contribution >= 4 is 30.9 Å². The van der Waals surface area contributed by atoms with E-state index in [2.05, 4.69) is 39.7 Å². The van der Waals surface area contributed by atoms with Gasteiger partial charge < -0.3 is 23.5 Å². The van der Waals surface area contributed by atoms with Crippen LogP contribution in [0.4, 0.5) is 5.82 Å². The largest absolute Gasteiger partial charge is 0.461 e. The van der Waals surface area contributed by atoms with Gasteiger partial charge in [-0.15, -0.1) is 0 Å². The molecule has 1 aliphatic carbocycles. The molecule has 0 bridgehead atoms. The molecule has 0 amide bonds. The Morgan fingerprint density at radius 2 is 2.09 bits per heavy atom. The van der Waals surface area contributed by atoms with E-state index >= 15 is 0 Å². The summed E-state index contributed by atoms with van der Waals surface area (Å²) in [7, 11) is -1.13. The highest BCUT2D eigenvalue weighted by molar-refractivity contribution is 6.76. The van der Waals surface area contributed by atoms with Crippen LogP contribution >= 0.6 is 0 Å². The van der Waals surface area contributed by atoms with Crippen molar-refractivity contribution < 1.29 is 18.8 Å². The maximum atomic E-state index is 12.5. The van der Waals surface area contributed by atoms with Crippen LogP contribution in [0.2, 0.25) is 25.7 Å². The molecule has 0 saturated heterocycles. The third kappa shape index (κ3) is 4.17. The monoisotopic (exact) mass is 469 g/mol. The highest BCUT2D eigenvalue weighted by Crippen LogP contribution is 2.53. The van der Waals surface area contributed by atoms with Crippen LogP contribution in [0, 0.1) is 0 Å². The molecule has 0 atom stereocenters. The topological polar surface area (TPSA) is 95.5 Å². The number of anilines is 1. The summed E-state index contributed by atoms with van der Waals surface area (Å²) in [6.07, 6.45) is 5.62. The van der Waals surface area contributed by atoms with Crippen LogP contribution in [-0.2, 0) is 28.2 Å². The molecule has 3 aromatic rings. The highest BCUT2D eigenvalue weighted by atomic mass is 28.3. The molecule has 1 spiro atoms. The van der Waals surface area contributed by atoms with E-state index in [-0.39, 0.29) is 11.1 Å². The Hall–Kier alpha value is -2.72. The summed E-state index contributed by atoms with van der Waals surface area (Å²) in [5, 5.41) is 5.05. The molecule has 0 unspecified atom stereocenters. The van der Waals surface area contributed by atoms with E-state index in [0.29, 0.717) is 19.9 Å². The Morgan fingerprint density at radius 3 is 2.82 bits per heavy atom. The van der Waals surface area contributed by atoms with E-state index in [1.165, 1.54) is 0 Å². The van der Waals surface area contributed by atoms with E-state index in [1.807, 2.05) is 16.8 Å². The van der Waals surface area contributed by atoms with Gasteiger partial charge in [-0.2, -0.15) is 0 Å². The second-order valence-corrected chi connectivity index (χ2v) is 15.9. The summed E-state index contributed by atoms with van der Waals surface area (Å²) in [6, 6.07) is 3.17. The summed E-state index contributed by atoms with van der Waals surface area (Å²) in [6.45, 7) is 11.6. The number of aromatic nitrogens is 4. The zero-order chi connectivity index (χ0) is 23.2. The van der Waals surface area contributed by atoms with Crippen LogP contribution in [0.25, 0.3) is 11.0 Å². The Bertz CT molecular complexity index is 1180. The number of rotatable bonds is 8. The number of fused-ring (bicyclic) bond motifs is 3. The molecule has 0 radical (unpaired) electrons. The van der Waals surface area contributed by atoms with E-state index in [0.717, 1.165) is 60.2 Å². The van der Waals surface area contributed by atoms with Gasteiger partial charge in [0, 0.05) is 38.4 Å². The predicted molar refractivity (Wildman–Crippen MR) is 126 cm³/mol. The SMILES string of the molecule is CCOC(=O)c1noc2c1CN(c1ncnc3c1ccn3COCC[Si](C)(C)C)CC21CC1. The van der Waals surface area contributed by atoms with Gasteiger partial charge >= 0.3 is 5.97 Å². The normalized spacial score (nSPS) is 16.9. The molecule has 3 aromatic heterocycles. The molecule has 0 aromatic carbocycles. The van der Waals surface area contributed by atoms with Gasteiger partial charge in [0.15, 0.2) is 11.5 Å².